The molecule has 0 unspecified atom stereocenters. The smallest absolute Gasteiger partial charge is 0.401 e. The molecule has 14 heteroatoms. The lowest BCUT2D eigenvalue weighted by Crippen LogP contribution is -2.28. The molecule has 0 spiro atoms. The maximum absolute atomic E-state index is 15.0. The monoisotopic (exact) mass is 601 g/mol. The third-order valence-corrected chi connectivity index (χ3v) is 7.02. The molecule has 2 aromatic heterocycles. The van der Waals surface area contributed by atoms with E-state index in [0.29, 0.717) is 53.4 Å². The molecule has 0 radical (unpaired) electrons. The van der Waals surface area contributed by atoms with Gasteiger partial charge in [0.2, 0.25) is 11.8 Å². The van der Waals surface area contributed by atoms with E-state index in [1.165, 1.54) is 32.4 Å². The van der Waals surface area contributed by atoms with Gasteiger partial charge in [0.25, 0.3) is 0 Å². The van der Waals surface area contributed by atoms with Crippen LogP contribution in [-0.2, 0) is 21.4 Å². The zero-order valence-electron chi connectivity index (χ0n) is 23.2. The first kappa shape index (κ1) is 29.7. The molecule has 1 saturated carbocycles. The number of rotatable bonds is 11. The van der Waals surface area contributed by atoms with E-state index < -0.39 is 23.3 Å². The second-order valence-electron chi connectivity index (χ2n) is 10.1. The number of fused-ring (bicyclic) bond motifs is 1. The number of alkyl halides is 3. The zero-order chi connectivity index (χ0) is 30.8. The predicted molar refractivity (Wildman–Crippen MR) is 146 cm³/mol. The summed E-state index contributed by atoms with van der Waals surface area (Å²) in [6, 6.07) is 8.60. The quantitative estimate of drug-likeness (QED) is 0.179. The van der Waals surface area contributed by atoms with Crippen molar-refractivity contribution < 1.29 is 41.1 Å². The Morgan fingerprint density at radius 1 is 1.09 bits per heavy atom. The number of nitrogens with one attached hydrogen (secondary N) is 2. The van der Waals surface area contributed by atoms with Crippen molar-refractivity contribution in [2.45, 2.75) is 44.2 Å². The van der Waals surface area contributed by atoms with Crippen LogP contribution in [0.1, 0.15) is 37.5 Å². The van der Waals surface area contributed by atoms with Gasteiger partial charge in [0.1, 0.15) is 11.2 Å². The molecule has 0 bridgehead atoms. The van der Waals surface area contributed by atoms with Crippen LogP contribution in [-0.4, -0.2) is 53.4 Å². The number of nitrogens with zero attached hydrogens (tertiary/aromatic N) is 3. The number of anilines is 1. The summed E-state index contributed by atoms with van der Waals surface area (Å²) in [6.07, 6.45) is -3.02. The highest BCUT2D eigenvalue weighted by atomic mass is 19.4. The summed E-state index contributed by atoms with van der Waals surface area (Å²) in [5.74, 6) is -1.13. The fourth-order valence-corrected chi connectivity index (χ4v) is 4.52. The molecule has 10 nitrogen and oxygen atoms in total. The lowest BCUT2D eigenvalue weighted by Gasteiger charge is -2.14. The molecule has 1 aliphatic carbocycles. The van der Waals surface area contributed by atoms with Crippen LogP contribution in [0.15, 0.2) is 47.1 Å². The second kappa shape index (κ2) is 11.9. The average Bonchev–Trinajstić information content (AvgIpc) is 3.66. The molecule has 5 rings (SSSR count). The van der Waals surface area contributed by atoms with E-state index in [-0.39, 0.29) is 42.3 Å². The summed E-state index contributed by atoms with van der Waals surface area (Å²) in [5, 5.41) is 8.57. The number of ether oxygens (including phenoxy) is 2. The topological polar surface area (TPSA) is 128 Å². The minimum atomic E-state index is -4.48. The van der Waals surface area contributed by atoms with Crippen LogP contribution in [0.4, 0.5) is 23.4 Å². The Balaban J connectivity index is 1.26. The molecule has 4 aromatic rings. The van der Waals surface area contributed by atoms with E-state index in [1.807, 2.05) is 0 Å². The van der Waals surface area contributed by atoms with Gasteiger partial charge in [-0.15, -0.1) is 0 Å². The van der Waals surface area contributed by atoms with Crippen LogP contribution >= 0.6 is 0 Å². The fraction of sp³-hybridized carbons (Fsp3) is 0.345. The maximum atomic E-state index is 15.0. The number of amides is 2. The van der Waals surface area contributed by atoms with E-state index in [0.717, 1.165) is 6.07 Å². The molecule has 226 valence electrons. The number of carbonyl (C=O) groups excluding carboxylic acids is 2. The van der Waals surface area contributed by atoms with Crippen LogP contribution in [0, 0.1) is 5.82 Å². The molecule has 2 amide bonds. The van der Waals surface area contributed by atoms with Gasteiger partial charge in [0.15, 0.2) is 23.1 Å². The molecule has 1 aliphatic rings. The SMILES string of the molecule is COc1cc2ncc(-c3ccc(CC(=O)Nc4cc(C5(C(F)(F)F)CC5)on4)c(F)c3)nc2cc1OCCCNC(C)=O. The number of methoxy groups -OCH3 is 1. The lowest BCUT2D eigenvalue weighted by molar-refractivity contribution is -0.165. The van der Waals surface area contributed by atoms with Crippen LogP contribution in [0.25, 0.3) is 22.3 Å². The number of hydrogen-bond donors (Lipinski definition) is 2. The highest BCUT2D eigenvalue weighted by Gasteiger charge is 2.66. The van der Waals surface area contributed by atoms with Gasteiger partial charge in [-0.05, 0) is 30.9 Å². The number of benzene rings is 2. The van der Waals surface area contributed by atoms with Crippen LogP contribution in [0.3, 0.4) is 0 Å². The molecule has 43 heavy (non-hydrogen) atoms. The average molecular weight is 602 g/mol. The standard InChI is InChI=1S/C29H27F4N5O5/c1-16(39)34-8-3-9-42-24-13-21-20(12-23(24)41-2)35-15-22(36-21)18-5-4-17(19(30)10-18)11-27(40)37-26-14-25(43-38-26)28(6-7-28)29(31,32)33/h4-5,10,12-15H,3,6-9,11H2,1-2H3,(H,34,39)(H,37,38,40). The summed E-state index contributed by atoms with van der Waals surface area (Å²) in [5.41, 5.74) is -0.215. The zero-order valence-corrected chi connectivity index (χ0v) is 23.2. The van der Waals surface area contributed by atoms with Crippen molar-refractivity contribution in [3.63, 3.8) is 0 Å². The Morgan fingerprint density at radius 2 is 1.86 bits per heavy atom. The number of hydrogen-bond acceptors (Lipinski definition) is 8. The summed E-state index contributed by atoms with van der Waals surface area (Å²) in [6.45, 7) is 2.22. The van der Waals surface area contributed by atoms with Crippen molar-refractivity contribution in [3.05, 3.63) is 59.7 Å². The molecular weight excluding hydrogens is 574 g/mol. The largest absolute Gasteiger partial charge is 0.493 e. The third-order valence-electron chi connectivity index (χ3n) is 7.02. The molecule has 0 saturated heterocycles. The van der Waals surface area contributed by atoms with Crippen LogP contribution < -0.4 is 20.1 Å². The van der Waals surface area contributed by atoms with Crippen molar-refractivity contribution in [2.24, 2.45) is 0 Å². The molecule has 2 N–H and O–H groups in total. The maximum Gasteiger partial charge on any atom is 0.401 e. The molecule has 1 fully saturated rings. The van der Waals surface area contributed by atoms with Gasteiger partial charge in [-0.25, -0.2) is 9.37 Å². The van der Waals surface area contributed by atoms with Gasteiger partial charge in [0.05, 0.1) is 43.1 Å². The minimum absolute atomic E-state index is 0.0624. The molecule has 2 aromatic carbocycles. The highest BCUT2D eigenvalue weighted by Crippen LogP contribution is 2.59. The summed E-state index contributed by atoms with van der Waals surface area (Å²) in [7, 11) is 1.50. The summed E-state index contributed by atoms with van der Waals surface area (Å²) >= 11 is 0. The Morgan fingerprint density at radius 3 is 2.53 bits per heavy atom. The summed E-state index contributed by atoms with van der Waals surface area (Å²) in [4.78, 5) is 32.5. The van der Waals surface area contributed by atoms with E-state index >= 15 is 4.39 Å². The van der Waals surface area contributed by atoms with Crippen molar-refractivity contribution in [3.8, 4) is 22.8 Å². The van der Waals surface area contributed by atoms with Crippen molar-refractivity contribution in [2.75, 3.05) is 25.6 Å². The van der Waals surface area contributed by atoms with E-state index in [4.69, 9.17) is 14.0 Å². The van der Waals surface area contributed by atoms with E-state index in [9.17, 15) is 22.8 Å². The first-order chi connectivity index (χ1) is 20.5. The van der Waals surface area contributed by atoms with E-state index in [1.54, 1.807) is 18.2 Å². The van der Waals surface area contributed by atoms with Gasteiger partial charge in [-0.3, -0.25) is 14.6 Å². The van der Waals surface area contributed by atoms with Gasteiger partial charge in [0, 0.05) is 37.2 Å². The highest BCUT2D eigenvalue weighted by molar-refractivity contribution is 5.91. The predicted octanol–water partition coefficient (Wildman–Crippen LogP) is 5.11. The number of aromatic nitrogens is 3. The van der Waals surface area contributed by atoms with Crippen molar-refractivity contribution in [1.82, 2.24) is 20.4 Å². The molecule has 0 aliphatic heterocycles. The number of carbonyl (C=O) groups is 2. The van der Waals surface area contributed by atoms with Crippen LogP contribution in [0.5, 0.6) is 11.5 Å². The van der Waals surface area contributed by atoms with Gasteiger partial charge < -0.3 is 24.6 Å². The Labute approximate surface area is 242 Å². The molecular formula is C29H27F4N5O5. The fourth-order valence-electron chi connectivity index (χ4n) is 4.52. The van der Waals surface area contributed by atoms with Gasteiger partial charge >= 0.3 is 6.18 Å². The Hall–Kier alpha value is -4.75. The normalized spacial score (nSPS) is 13.9. The van der Waals surface area contributed by atoms with Crippen LogP contribution in [0.2, 0.25) is 0 Å². The number of halogens is 4. The third kappa shape index (κ3) is 6.52. The first-order valence-electron chi connectivity index (χ1n) is 13.3. The van der Waals surface area contributed by atoms with Crippen molar-refractivity contribution >= 4 is 28.7 Å². The molecule has 0 atom stereocenters. The Kier molecular flexibility index (Phi) is 8.20. The molecule has 2 heterocycles. The van der Waals surface area contributed by atoms with E-state index in [2.05, 4.69) is 25.8 Å². The summed E-state index contributed by atoms with van der Waals surface area (Å²) < 4.78 is 71.0. The van der Waals surface area contributed by atoms with Gasteiger partial charge in [-0.2, -0.15) is 13.2 Å². The lowest BCUT2D eigenvalue weighted by atomic mass is 10.0. The minimum Gasteiger partial charge on any atom is -0.493 e. The van der Waals surface area contributed by atoms with Gasteiger partial charge in [-0.1, -0.05) is 17.3 Å². The second-order valence-corrected chi connectivity index (χ2v) is 10.1. The van der Waals surface area contributed by atoms with Crippen molar-refractivity contribution in [1.29, 1.82) is 0 Å². The first-order valence-corrected chi connectivity index (χ1v) is 13.3. The Bertz CT molecular complexity index is 1670.